The van der Waals surface area contributed by atoms with Crippen molar-refractivity contribution in [3.8, 4) is 0 Å². The molecule has 1 atom stereocenters. The number of anilines is 1. The lowest BCUT2D eigenvalue weighted by Crippen LogP contribution is -2.44. The van der Waals surface area contributed by atoms with Crippen LogP contribution in [0.4, 0.5) is 14.8 Å². The molecule has 3 rings (SSSR count). The zero-order valence-electron chi connectivity index (χ0n) is 11.1. The Morgan fingerprint density at radius 2 is 2.43 bits per heavy atom. The first-order valence-electron chi connectivity index (χ1n) is 6.69. The minimum Gasteiger partial charge on any atom is -0.422 e. The molecule has 1 aliphatic heterocycles. The first-order valence-corrected chi connectivity index (χ1v) is 6.69. The highest BCUT2D eigenvalue weighted by Crippen LogP contribution is 2.27. The van der Waals surface area contributed by atoms with E-state index >= 15 is 0 Å². The molecule has 0 aromatic carbocycles. The maximum absolute atomic E-state index is 12.2. The van der Waals surface area contributed by atoms with E-state index in [0.717, 1.165) is 6.42 Å². The minimum absolute atomic E-state index is 0.304. The van der Waals surface area contributed by atoms with Crippen LogP contribution in [0.25, 0.3) is 11.2 Å². The number of nitrogens with zero attached hydrogens (tertiary/aromatic N) is 3. The van der Waals surface area contributed by atoms with Gasteiger partial charge in [-0.05, 0) is 25.0 Å². The standard InChI is InChI=1S/C13H14F2N4O2/c14-10(15)7-17-12(20)8-3-2-6-19(8)13-18-11-9(21-13)4-1-5-16-11/h1,4-5,8,10H,2-3,6-7H2,(H,17,20). The molecule has 1 saturated heterocycles. The van der Waals surface area contributed by atoms with Gasteiger partial charge in [-0.25, -0.2) is 13.8 Å². The van der Waals surface area contributed by atoms with Crippen molar-refractivity contribution in [2.75, 3.05) is 18.0 Å². The topological polar surface area (TPSA) is 71.3 Å². The summed E-state index contributed by atoms with van der Waals surface area (Å²) in [6, 6.07) is 3.24. The summed E-state index contributed by atoms with van der Waals surface area (Å²) in [5.74, 6) is -0.428. The van der Waals surface area contributed by atoms with Crippen molar-refractivity contribution < 1.29 is 18.0 Å². The number of oxazole rings is 1. The fraction of sp³-hybridized carbons (Fsp3) is 0.462. The highest BCUT2D eigenvalue weighted by molar-refractivity contribution is 5.85. The Hall–Kier alpha value is -2.25. The highest BCUT2D eigenvalue weighted by Gasteiger charge is 2.34. The van der Waals surface area contributed by atoms with Gasteiger partial charge in [0.15, 0.2) is 5.58 Å². The summed E-state index contributed by atoms with van der Waals surface area (Å²) < 4.78 is 29.9. The highest BCUT2D eigenvalue weighted by atomic mass is 19.3. The van der Waals surface area contributed by atoms with Crippen LogP contribution in [0.2, 0.25) is 0 Å². The second kappa shape index (κ2) is 5.63. The van der Waals surface area contributed by atoms with Crippen LogP contribution in [0, 0.1) is 0 Å². The average Bonchev–Trinajstić information content (AvgIpc) is 3.10. The normalized spacial score (nSPS) is 18.6. The molecule has 0 radical (unpaired) electrons. The van der Waals surface area contributed by atoms with Crippen molar-refractivity contribution >= 4 is 23.2 Å². The van der Waals surface area contributed by atoms with Gasteiger partial charge in [0, 0.05) is 12.7 Å². The number of hydrogen-bond acceptors (Lipinski definition) is 5. The Balaban J connectivity index is 1.78. The van der Waals surface area contributed by atoms with Crippen LogP contribution in [0.5, 0.6) is 0 Å². The summed E-state index contributed by atoms with van der Waals surface area (Å²) in [6.07, 6.45) is 0.406. The van der Waals surface area contributed by atoms with Gasteiger partial charge in [0.25, 0.3) is 6.43 Å². The van der Waals surface area contributed by atoms with Crippen molar-refractivity contribution in [3.63, 3.8) is 0 Å². The molecular weight excluding hydrogens is 282 g/mol. The van der Waals surface area contributed by atoms with E-state index in [1.54, 1.807) is 23.2 Å². The van der Waals surface area contributed by atoms with Crippen LogP contribution >= 0.6 is 0 Å². The summed E-state index contributed by atoms with van der Waals surface area (Å²) >= 11 is 0. The molecule has 0 bridgehead atoms. The first-order chi connectivity index (χ1) is 10.1. The van der Waals surface area contributed by atoms with Gasteiger partial charge in [0.2, 0.25) is 11.6 Å². The lowest BCUT2D eigenvalue weighted by atomic mass is 10.2. The molecule has 1 aliphatic rings. The predicted molar refractivity (Wildman–Crippen MR) is 71.2 cm³/mol. The minimum atomic E-state index is -2.56. The SMILES string of the molecule is O=C(NCC(F)F)C1CCCN1c1nc2ncccc2o1. The summed E-state index contributed by atoms with van der Waals surface area (Å²) in [5.41, 5.74) is 0.997. The number of carbonyl (C=O) groups is 1. The number of aromatic nitrogens is 2. The van der Waals surface area contributed by atoms with Gasteiger partial charge < -0.3 is 14.6 Å². The molecule has 1 unspecified atom stereocenters. The molecule has 2 aromatic heterocycles. The van der Waals surface area contributed by atoms with Gasteiger partial charge >= 0.3 is 6.01 Å². The second-order valence-electron chi connectivity index (χ2n) is 4.81. The molecule has 1 N–H and O–H groups in total. The van der Waals surface area contributed by atoms with Crippen LogP contribution in [0.1, 0.15) is 12.8 Å². The van der Waals surface area contributed by atoms with Crippen molar-refractivity contribution in [2.24, 2.45) is 0 Å². The Bertz CT molecular complexity index is 613. The van der Waals surface area contributed by atoms with Crippen LogP contribution in [-0.2, 0) is 4.79 Å². The number of alkyl halides is 2. The quantitative estimate of drug-likeness (QED) is 0.927. The molecule has 0 saturated carbocycles. The van der Waals surface area contributed by atoms with E-state index in [1.165, 1.54) is 0 Å². The van der Waals surface area contributed by atoms with E-state index in [9.17, 15) is 13.6 Å². The van der Waals surface area contributed by atoms with Gasteiger partial charge in [0.05, 0.1) is 6.54 Å². The number of nitrogens with one attached hydrogen (secondary N) is 1. The zero-order valence-corrected chi connectivity index (χ0v) is 11.1. The van der Waals surface area contributed by atoms with Gasteiger partial charge in [0.1, 0.15) is 6.04 Å². The van der Waals surface area contributed by atoms with E-state index in [1.807, 2.05) is 0 Å². The third-order valence-electron chi connectivity index (χ3n) is 3.39. The van der Waals surface area contributed by atoms with Crippen LogP contribution in [0.3, 0.4) is 0 Å². The number of amides is 1. The monoisotopic (exact) mass is 296 g/mol. The summed E-state index contributed by atoms with van der Waals surface area (Å²) in [5, 5.41) is 2.24. The largest absolute Gasteiger partial charge is 0.422 e. The van der Waals surface area contributed by atoms with Crippen molar-refractivity contribution in [1.82, 2.24) is 15.3 Å². The molecule has 3 heterocycles. The number of carbonyl (C=O) groups excluding carboxylic acids is 1. The van der Waals surface area contributed by atoms with Crippen molar-refractivity contribution in [1.29, 1.82) is 0 Å². The smallest absolute Gasteiger partial charge is 0.300 e. The predicted octanol–water partition coefficient (Wildman–Crippen LogP) is 1.57. The maximum Gasteiger partial charge on any atom is 0.300 e. The number of fused-ring (bicyclic) bond motifs is 1. The Labute approximate surface area is 119 Å². The Morgan fingerprint density at radius 1 is 1.57 bits per heavy atom. The van der Waals surface area contributed by atoms with Crippen molar-refractivity contribution in [2.45, 2.75) is 25.3 Å². The molecule has 112 valence electrons. The van der Waals surface area contributed by atoms with E-state index in [4.69, 9.17) is 4.42 Å². The van der Waals surface area contributed by atoms with Crippen LogP contribution in [-0.4, -0.2) is 41.4 Å². The average molecular weight is 296 g/mol. The molecule has 21 heavy (non-hydrogen) atoms. The molecule has 8 heteroatoms. The molecule has 0 spiro atoms. The number of pyridine rings is 1. The molecule has 2 aromatic rings. The first kappa shape index (κ1) is 13.7. The van der Waals surface area contributed by atoms with Gasteiger partial charge in [-0.3, -0.25) is 4.79 Å². The molecule has 6 nitrogen and oxygen atoms in total. The zero-order chi connectivity index (χ0) is 14.8. The molecular formula is C13H14F2N4O2. The number of rotatable bonds is 4. The number of hydrogen-bond donors (Lipinski definition) is 1. The van der Waals surface area contributed by atoms with Crippen molar-refractivity contribution in [3.05, 3.63) is 18.3 Å². The fourth-order valence-electron chi connectivity index (χ4n) is 2.44. The lowest BCUT2D eigenvalue weighted by molar-refractivity contribution is -0.122. The van der Waals surface area contributed by atoms with Gasteiger partial charge in [-0.2, -0.15) is 4.98 Å². The Kier molecular flexibility index (Phi) is 3.68. The summed E-state index contributed by atoms with van der Waals surface area (Å²) in [4.78, 5) is 22.0. The van der Waals surface area contributed by atoms with E-state index < -0.39 is 24.9 Å². The van der Waals surface area contributed by atoms with Gasteiger partial charge in [-0.15, -0.1) is 0 Å². The van der Waals surface area contributed by atoms with E-state index in [0.29, 0.717) is 30.2 Å². The van der Waals surface area contributed by atoms with Crippen LogP contribution in [0.15, 0.2) is 22.7 Å². The van der Waals surface area contributed by atoms with Gasteiger partial charge in [-0.1, -0.05) is 0 Å². The number of halogens is 2. The van der Waals surface area contributed by atoms with E-state index in [-0.39, 0.29) is 0 Å². The second-order valence-corrected chi connectivity index (χ2v) is 4.81. The summed E-state index contributed by atoms with van der Waals surface area (Å²) in [7, 11) is 0. The Morgan fingerprint density at radius 3 is 3.19 bits per heavy atom. The fourth-order valence-corrected chi connectivity index (χ4v) is 2.44. The molecule has 0 aliphatic carbocycles. The van der Waals surface area contributed by atoms with E-state index in [2.05, 4.69) is 15.3 Å². The summed E-state index contributed by atoms with van der Waals surface area (Å²) in [6.45, 7) is -0.0438. The third kappa shape index (κ3) is 2.79. The lowest BCUT2D eigenvalue weighted by Gasteiger charge is -2.21. The van der Waals surface area contributed by atoms with Crippen LogP contribution < -0.4 is 10.2 Å². The molecule has 1 amide bonds. The maximum atomic E-state index is 12.2. The molecule has 1 fully saturated rings. The third-order valence-corrected chi connectivity index (χ3v) is 3.39.